The molecule has 0 aliphatic heterocycles. The van der Waals surface area contributed by atoms with Crippen LogP contribution in [-0.2, 0) is 0 Å². The van der Waals surface area contributed by atoms with Gasteiger partial charge in [0.25, 0.3) is 5.91 Å². The molecule has 18 heavy (non-hydrogen) atoms. The van der Waals surface area contributed by atoms with Gasteiger partial charge in [0.05, 0.1) is 10.0 Å². The average molecular weight is 317 g/mol. The summed E-state index contributed by atoms with van der Waals surface area (Å²) >= 11 is 3.17. The number of halogens is 1. The number of hydrogen-bond donors (Lipinski definition) is 1. The monoisotopic (exact) mass is 316 g/mol. The third kappa shape index (κ3) is 3.47. The number of carbonyl (C=O) groups excluding carboxylic acids is 1. The van der Waals surface area contributed by atoms with Crippen LogP contribution in [0.4, 0.5) is 5.82 Å². The van der Waals surface area contributed by atoms with Gasteiger partial charge in [0.2, 0.25) is 0 Å². The summed E-state index contributed by atoms with van der Waals surface area (Å²) in [6.45, 7) is 1.16. The number of carbonyl (C=O) groups is 1. The van der Waals surface area contributed by atoms with E-state index in [2.05, 4.69) is 26.2 Å². The number of nitrogens with zero attached hydrogens (tertiary/aromatic N) is 3. The zero-order valence-corrected chi connectivity index (χ0v) is 11.6. The third-order valence-electron chi connectivity index (χ3n) is 2.30. The van der Waals surface area contributed by atoms with Crippen molar-refractivity contribution in [2.75, 3.05) is 27.2 Å². The SMILES string of the molecule is CNCCN(C)C(=O)c1cc([N+](=O)[O-])ncc1Br. The van der Waals surface area contributed by atoms with Crippen molar-refractivity contribution in [2.45, 2.75) is 0 Å². The van der Waals surface area contributed by atoms with Crippen LogP contribution in [0.15, 0.2) is 16.7 Å². The van der Waals surface area contributed by atoms with Gasteiger partial charge in [-0.05, 0) is 32.9 Å². The minimum atomic E-state index is -0.628. The zero-order chi connectivity index (χ0) is 13.7. The third-order valence-corrected chi connectivity index (χ3v) is 2.93. The van der Waals surface area contributed by atoms with Crippen molar-refractivity contribution < 1.29 is 9.72 Å². The van der Waals surface area contributed by atoms with Crippen molar-refractivity contribution in [3.8, 4) is 0 Å². The number of nitrogens with one attached hydrogen (secondary N) is 1. The van der Waals surface area contributed by atoms with Gasteiger partial charge in [0, 0.05) is 26.2 Å². The van der Waals surface area contributed by atoms with Crippen LogP contribution < -0.4 is 5.32 Å². The fourth-order valence-corrected chi connectivity index (χ4v) is 1.66. The first-order valence-corrected chi connectivity index (χ1v) is 5.96. The van der Waals surface area contributed by atoms with Gasteiger partial charge < -0.3 is 20.3 Å². The van der Waals surface area contributed by atoms with E-state index >= 15 is 0 Å². The van der Waals surface area contributed by atoms with E-state index in [9.17, 15) is 14.9 Å². The molecule has 1 amide bonds. The largest absolute Gasteiger partial charge is 0.364 e. The van der Waals surface area contributed by atoms with Gasteiger partial charge >= 0.3 is 5.82 Å². The number of pyridine rings is 1. The minimum Gasteiger partial charge on any atom is -0.358 e. The molecular formula is C10H13BrN4O3. The van der Waals surface area contributed by atoms with Crippen LogP contribution in [0.3, 0.4) is 0 Å². The van der Waals surface area contributed by atoms with Gasteiger partial charge in [-0.2, -0.15) is 0 Å². The van der Waals surface area contributed by atoms with Gasteiger partial charge in [0.15, 0.2) is 6.20 Å². The molecule has 0 saturated carbocycles. The predicted octanol–water partition coefficient (Wildman–Crippen LogP) is 1.04. The fraction of sp³-hybridized carbons (Fsp3) is 0.400. The molecule has 98 valence electrons. The summed E-state index contributed by atoms with van der Waals surface area (Å²) in [4.78, 5) is 27.2. The molecule has 7 nitrogen and oxygen atoms in total. The van der Waals surface area contributed by atoms with E-state index in [0.29, 0.717) is 17.6 Å². The molecule has 0 bridgehead atoms. The average Bonchev–Trinajstić information content (AvgIpc) is 2.35. The first kappa shape index (κ1) is 14.5. The van der Waals surface area contributed by atoms with Crippen LogP contribution in [-0.4, -0.2) is 47.9 Å². The summed E-state index contributed by atoms with van der Waals surface area (Å²) in [5.74, 6) is -0.633. The smallest absolute Gasteiger partial charge is 0.358 e. The fourth-order valence-electron chi connectivity index (χ4n) is 1.28. The topological polar surface area (TPSA) is 88.4 Å². The van der Waals surface area contributed by atoms with Crippen LogP contribution in [0, 0.1) is 10.1 Å². The number of rotatable bonds is 5. The second-order valence-electron chi connectivity index (χ2n) is 3.61. The molecule has 1 aromatic rings. The number of amides is 1. The van der Waals surface area contributed by atoms with Crippen molar-refractivity contribution in [2.24, 2.45) is 0 Å². The highest BCUT2D eigenvalue weighted by Gasteiger charge is 2.19. The highest BCUT2D eigenvalue weighted by molar-refractivity contribution is 9.10. The van der Waals surface area contributed by atoms with Crippen LogP contribution in [0.1, 0.15) is 10.4 Å². The second-order valence-corrected chi connectivity index (χ2v) is 4.46. The molecule has 0 aliphatic carbocycles. The standard InChI is InChI=1S/C10H13BrN4O3/c1-12-3-4-14(2)10(16)7-5-9(15(17)18)13-6-8(7)11/h5-6,12H,3-4H2,1-2H3. The second kappa shape index (κ2) is 6.41. The summed E-state index contributed by atoms with van der Waals surface area (Å²) < 4.78 is 0.439. The number of nitro groups is 1. The van der Waals surface area contributed by atoms with Crippen LogP contribution >= 0.6 is 15.9 Å². The van der Waals surface area contributed by atoms with Crippen LogP contribution in [0.5, 0.6) is 0 Å². The predicted molar refractivity (Wildman–Crippen MR) is 69.5 cm³/mol. The lowest BCUT2D eigenvalue weighted by Gasteiger charge is -2.17. The highest BCUT2D eigenvalue weighted by atomic mass is 79.9. The van der Waals surface area contributed by atoms with Crippen LogP contribution in [0.25, 0.3) is 0 Å². The van der Waals surface area contributed by atoms with E-state index in [1.165, 1.54) is 17.2 Å². The van der Waals surface area contributed by atoms with Gasteiger partial charge in [-0.25, -0.2) is 0 Å². The van der Waals surface area contributed by atoms with Crippen molar-refractivity contribution in [3.63, 3.8) is 0 Å². The molecule has 0 saturated heterocycles. The normalized spacial score (nSPS) is 10.2. The number of aromatic nitrogens is 1. The minimum absolute atomic E-state index is 0.232. The Hall–Kier alpha value is -1.54. The van der Waals surface area contributed by atoms with E-state index in [1.54, 1.807) is 14.1 Å². The molecule has 1 rings (SSSR count). The molecule has 0 spiro atoms. The molecular weight excluding hydrogens is 304 g/mol. The molecule has 0 radical (unpaired) electrons. The Morgan fingerprint density at radius 2 is 2.33 bits per heavy atom. The Kier molecular flexibility index (Phi) is 5.17. The molecule has 1 N–H and O–H groups in total. The first-order chi connectivity index (χ1) is 8.47. The Labute approximate surface area is 112 Å². The van der Waals surface area contributed by atoms with Crippen molar-refractivity contribution >= 4 is 27.7 Å². The van der Waals surface area contributed by atoms with E-state index < -0.39 is 4.92 Å². The van der Waals surface area contributed by atoms with E-state index in [0.717, 1.165) is 0 Å². The zero-order valence-electron chi connectivity index (χ0n) is 10.0. The Balaban J connectivity index is 2.97. The quantitative estimate of drug-likeness (QED) is 0.647. The Morgan fingerprint density at radius 1 is 1.67 bits per heavy atom. The maximum atomic E-state index is 12.1. The van der Waals surface area contributed by atoms with Gasteiger partial charge in [0.1, 0.15) is 0 Å². The Bertz CT molecular complexity index is 466. The van der Waals surface area contributed by atoms with Crippen molar-refractivity contribution in [1.82, 2.24) is 15.2 Å². The van der Waals surface area contributed by atoms with E-state index in [4.69, 9.17) is 0 Å². The summed E-state index contributed by atoms with van der Waals surface area (Å²) in [7, 11) is 3.42. The number of hydrogen-bond acceptors (Lipinski definition) is 5. The molecule has 1 heterocycles. The molecule has 8 heteroatoms. The van der Waals surface area contributed by atoms with E-state index in [1.807, 2.05) is 0 Å². The number of likely N-dealkylation sites (N-methyl/N-ethyl adjacent to an activating group) is 2. The maximum Gasteiger partial charge on any atom is 0.364 e. The molecule has 1 aromatic heterocycles. The molecule has 0 fully saturated rings. The first-order valence-electron chi connectivity index (χ1n) is 5.17. The van der Waals surface area contributed by atoms with Crippen LogP contribution in [0.2, 0.25) is 0 Å². The van der Waals surface area contributed by atoms with Gasteiger partial charge in [-0.3, -0.25) is 4.79 Å². The lowest BCUT2D eigenvalue weighted by Crippen LogP contribution is -2.33. The van der Waals surface area contributed by atoms with Gasteiger partial charge in [-0.15, -0.1) is 0 Å². The molecule has 0 atom stereocenters. The van der Waals surface area contributed by atoms with E-state index in [-0.39, 0.29) is 17.3 Å². The van der Waals surface area contributed by atoms with Crippen molar-refractivity contribution in [1.29, 1.82) is 0 Å². The summed E-state index contributed by atoms with van der Waals surface area (Å²) in [6, 6.07) is 1.17. The summed E-state index contributed by atoms with van der Waals surface area (Å²) in [6.07, 6.45) is 1.26. The van der Waals surface area contributed by atoms with Gasteiger partial charge in [-0.1, -0.05) is 0 Å². The lowest BCUT2D eigenvalue weighted by molar-refractivity contribution is -0.389. The summed E-state index contributed by atoms with van der Waals surface area (Å²) in [5.41, 5.74) is 0.232. The highest BCUT2D eigenvalue weighted by Crippen LogP contribution is 2.21. The molecule has 0 unspecified atom stereocenters. The lowest BCUT2D eigenvalue weighted by atomic mass is 10.2. The van der Waals surface area contributed by atoms with Crippen molar-refractivity contribution in [3.05, 3.63) is 32.4 Å². The molecule has 0 aliphatic rings. The Morgan fingerprint density at radius 3 is 2.89 bits per heavy atom. The molecule has 0 aromatic carbocycles. The summed E-state index contributed by atoms with van der Waals surface area (Å²) in [5, 5.41) is 13.5. The maximum absolute atomic E-state index is 12.1.